The summed E-state index contributed by atoms with van der Waals surface area (Å²) in [7, 11) is 0. The van der Waals surface area contributed by atoms with Gasteiger partial charge in [0.05, 0.1) is 0 Å². The van der Waals surface area contributed by atoms with E-state index in [-0.39, 0.29) is 0 Å². The largest absolute Gasteiger partial charge is 0.353 e. The highest BCUT2D eigenvalue weighted by atomic mass is 15.3. The summed E-state index contributed by atoms with van der Waals surface area (Å²) in [5.41, 5.74) is 0.899. The molecule has 1 saturated carbocycles. The van der Waals surface area contributed by atoms with Gasteiger partial charge in [0.15, 0.2) is 5.65 Å². The van der Waals surface area contributed by atoms with E-state index in [0.29, 0.717) is 0 Å². The molecular formula is C14H19N5. The van der Waals surface area contributed by atoms with Crippen LogP contribution < -0.4 is 5.32 Å². The molecule has 1 aliphatic heterocycles. The van der Waals surface area contributed by atoms with E-state index in [0.717, 1.165) is 30.1 Å². The van der Waals surface area contributed by atoms with E-state index < -0.39 is 0 Å². The van der Waals surface area contributed by atoms with Crippen LogP contribution in [-0.2, 0) is 0 Å². The van der Waals surface area contributed by atoms with Gasteiger partial charge >= 0.3 is 0 Å². The van der Waals surface area contributed by atoms with Gasteiger partial charge in [-0.1, -0.05) is 6.07 Å². The number of nitrogens with one attached hydrogen (secondary N) is 1. The molecule has 1 atom stereocenters. The van der Waals surface area contributed by atoms with Crippen molar-refractivity contribution in [3.05, 3.63) is 24.4 Å². The number of pyridine rings is 1. The third kappa shape index (κ3) is 2.30. The summed E-state index contributed by atoms with van der Waals surface area (Å²) in [4.78, 5) is 7.11. The van der Waals surface area contributed by atoms with Crippen molar-refractivity contribution in [2.75, 3.05) is 25.0 Å². The van der Waals surface area contributed by atoms with Gasteiger partial charge in [0.2, 0.25) is 5.95 Å². The summed E-state index contributed by atoms with van der Waals surface area (Å²) < 4.78 is 1.81. The lowest BCUT2D eigenvalue weighted by molar-refractivity contribution is 0.316. The Morgan fingerprint density at radius 3 is 3.05 bits per heavy atom. The van der Waals surface area contributed by atoms with Crippen LogP contribution in [0.3, 0.4) is 0 Å². The first kappa shape index (κ1) is 11.2. The number of rotatable bonds is 4. The maximum Gasteiger partial charge on any atom is 0.243 e. The van der Waals surface area contributed by atoms with Crippen LogP contribution in [0.4, 0.5) is 5.95 Å². The Morgan fingerprint density at radius 2 is 2.21 bits per heavy atom. The minimum atomic E-state index is 0.743. The van der Waals surface area contributed by atoms with Crippen LogP contribution in [0.15, 0.2) is 24.4 Å². The zero-order valence-electron chi connectivity index (χ0n) is 11.0. The van der Waals surface area contributed by atoms with E-state index in [1.165, 1.54) is 32.4 Å². The second-order valence-electron chi connectivity index (χ2n) is 5.70. The van der Waals surface area contributed by atoms with Crippen LogP contribution in [0.2, 0.25) is 0 Å². The molecule has 0 aromatic carbocycles. The van der Waals surface area contributed by atoms with Crippen molar-refractivity contribution >= 4 is 11.6 Å². The predicted molar refractivity (Wildman–Crippen MR) is 74.2 cm³/mol. The second-order valence-corrected chi connectivity index (χ2v) is 5.70. The Morgan fingerprint density at radius 1 is 1.26 bits per heavy atom. The van der Waals surface area contributed by atoms with E-state index in [2.05, 4.69) is 20.3 Å². The molecule has 19 heavy (non-hydrogen) atoms. The minimum Gasteiger partial charge on any atom is -0.353 e. The van der Waals surface area contributed by atoms with Crippen molar-refractivity contribution < 1.29 is 0 Å². The standard InChI is InChI=1S/C14H19N5/c1-2-7-19-13(3-1)16-14(17-19)15-9-11-6-8-18(10-11)12-4-5-12/h1-3,7,11-12H,4-6,8-10H2,(H,15,17). The van der Waals surface area contributed by atoms with Crippen molar-refractivity contribution in [1.82, 2.24) is 19.5 Å². The van der Waals surface area contributed by atoms with Crippen molar-refractivity contribution in [2.45, 2.75) is 25.3 Å². The summed E-state index contributed by atoms with van der Waals surface area (Å²) >= 11 is 0. The Labute approximate surface area is 112 Å². The topological polar surface area (TPSA) is 45.5 Å². The second kappa shape index (κ2) is 4.49. The van der Waals surface area contributed by atoms with Gasteiger partial charge in [-0.2, -0.15) is 4.98 Å². The molecule has 2 aromatic heterocycles. The quantitative estimate of drug-likeness (QED) is 0.904. The van der Waals surface area contributed by atoms with Crippen LogP contribution in [0.25, 0.3) is 5.65 Å². The molecule has 0 bridgehead atoms. The van der Waals surface area contributed by atoms with Gasteiger partial charge in [-0.15, -0.1) is 5.10 Å². The lowest BCUT2D eigenvalue weighted by atomic mass is 10.1. The first-order chi connectivity index (χ1) is 9.38. The average Bonchev–Trinajstić information content (AvgIpc) is 3.03. The fourth-order valence-corrected chi connectivity index (χ4v) is 2.94. The minimum absolute atomic E-state index is 0.743. The third-order valence-corrected chi connectivity index (χ3v) is 4.17. The summed E-state index contributed by atoms with van der Waals surface area (Å²) in [6.45, 7) is 3.50. The van der Waals surface area contributed by atoms with Crippen LogP contribution in [0.1, 0.15) is 19.3 Å². The van der Waals surface area contributed by atoms with E-state index in [1.54, 1.807) is 0 Å². The number of nitrogens with zero attached hydrogens (tertiary/aromatic N) is 4. The van der Waals surface area contributed by atoms with Gasteiger partial charge in [-0.05, 0) is 43.9 Å². The van der Waals surface area contributed by atoms with Gasteiger partial charge < -0.3 is 10.2 Å². The molecule has 0 spiro atoms. The molecule has 2 fully saturated rings. The lowest BCUT2D eigenvalue weighted by Gasteiger charge is -2.14. The molecule has 1 N–H and O–H groups in total. The normalized spacial score (nSPS) is 24.1. The SMILES string of the molecule is c1ccn2nc(NCC3CCN(C4CC4)C3)nc2c1. The first-order valence-corrected chi connectivity index (χ1v) is 7.18. The fourth-order valence-electron chi connectivity index (χ4n) is 2.94. The lowest BCUT2D eigenvalue weighted by Crippen LogP contribution is -2.25. The van der Waals surface area contributed by atoms with Gasteiger partial charge in [-0.3, -0.25) is 0 Å². The van der Waals surface area contributed by atoms with Crippen LogP contribution >= 0.6 is 0 Å². The summed E-state index contributed by atoms with van der Waals surface area (Å²) in [5.74, 6) is 1.49. The molecule has 0 amide bonds. The van der Waals surface area contributed by atoms with Crippen molar-refractivity contribution in [3.8, 4) is 0 Å². The van der Waals surface area contributed by atoms with Crippen LogP contribution in [0.5, 0.6) is 0 Å². The van der Waals surface area contributed by atoms with Crippen molar-refractivity contribution in [1.29, 1.82) is 0 Å². The van der Waals surface area contributed by atoms with E-state index in [4.69, 9.17) is 0 Å². The average molecular weight is 257 g/mol. The van der Waals surface area contributed by atoms with Gasteiger partial charge in [0.1, 0.15) is 0 Å². The smallest absolute Gasteiger partial charge is 0.243 e. The number of likely N-dealkylation sites (tertiary alicyclic amines) is 1. The van der Waals surface area contributed by atoms with E-state index >= 15 is 0 Å². The molecular weight excluding hydrogens is 238 g/mol. The molecule has 1 unspecified atom stereocenters. The molecule has 4 rings (SSSR count). The Kier molecular flexibility index (Phi) is 2.65. The zero-order chi connectivity index (χ0) is 12.7. The number of fused-ring (bicyclic) bond motifs is 1. The molecule has 5 heteroatoms. The van der Waals surface area contributed by atoms with E-state index in [9.17, 15) is 0 Å². The molecule has 3 heterocycles. The zero-order valence-corrected chi connectivity index (χ0v) is 11.0. The van der Waals surface area contributed by atoms with Crippen LogP contribution in [0, 0.1) is 5.92 Å². The number of hydrogen-bond donors (Lipinski definition) is 1. The molecule has 1 saturated heterocycles. The van der Waals surface area contributed by atoms with E-state index in [1.807, 2.05) is 28.9 Å². The monoisotopic (exact) mass is 257 g/mol. The van der Waals surface area contributed by atoms with Gasteiger partial charge in [0.25, 0.3) is 0 Å². The van der Waals surface area contributed by atoms with Gasteiger partial charge in [-0.25, -0.2) is 4.52 Å². The predicted octanol–water partition coefficient (Wildman–Crippen LogP) is 1.63. The maximum atomic E-state index is 4.47. The van der Waals surface area contributed by atoms with Gasteiger partial charge in [0, 0.05) is 25.3 Å². The molecule has 100 valence electrons. The highest BCUT2D eigenvalue weighted by molar-refractivity contribution is 5.42. The fraction of sp³-hybridized carbons (Fsp3) is 0.571. The molecule has 2 aliphatic rings. The van der Waals surface area contributed by atoms with Crippen molar-refractivity contribution in [3.63, 3.8) is 0 Å². The highest BCUT2D eigenvalue weighted by Crippen LogP contribution is 2.31. The Balaban J connectivity index is 1.36. The summed E-state index contributed by atoms with van der Waals surface area (Å²) in [6, 6.07) is 6.83. The molecule has 0 radical (unpaired) electrons. The molecule has 2 aromatic rings. The number of hydrogen-bond acceptors (Lipinski definition) is 4. The summed E-state index contributed by atoms with van der Waals surface area (Å²) in [6.07, 6.45) is 6.05. The maximum absolute atomic E-state index is 4.47. The molecule has 1 aliphatic carbocycles. The van der Waals surface area contributed by atoms with Crippen LogP contribution in [-0.4, -0.2) is 45.2 Å². The summed E-state index contributed by atoms with van der Waals surface area (Å²) in [5, 5.41) is 7.81. The highest BCUT2D eigenvalue weighted by Gasteiger charge is 2.34. The molecule has 5 nitrogen and oxygen atoms in total. The first-order valence-electron chi connectivity index (χ1n) is 7.18. The Hall–Kier alpha value is -1.62. The third-order valence-electron chi connectivity index (χ3n) is 4.17. The number of anilines is 1. The number of aromatic nitrogens is 3. The van der Waals surface area contributed by atoms with Crippen molar-refractivity contribution in [2.24, 2.45) is 5.92 Å². The Bertz CT molecular complexity index is 541.